The molecule has 0 unspecified atom stereocenters. The molecule has 0 aliphatic rings. The van der Waals surface area contributed by atoms with E-state index in [9.17, 15) is 4.79 Å². The molecule has 0 saturated heterocycles. The van der Waals surface area contributed by atoms with E-state index < -0.39 is 5.97 Å². The van der Waals surface area contributed by atoms with E-state index in [1.807, 2.05) is 18.2 Å². The first-order valence-electron chi connectivity index (χ1n) is 5.90. The van der Waals surface area contributed by atoms with E-state index in [-0.39, 0.29) is 5.56 Å². The molecule has 3 aromatic rings. The van der Waals surface area contributed by atoms with Crippen LogP contribution in [-0.2, 0) is 6.61 Å². The van der Waals surface area contributed by atoms with Gasteiger partial charge in [0.1, 0.15) is 23.4 Å². The summed E-state index contributed by atoms with van der Waals surface area (Å²) in [5.41, 5.74) is 2.97. The Kier molecular flexibility index (Phi) is 3.30. The Balaban J connectivity index is 1.70. The molecule has 20 heavy (non-hydrogen) atoms. The van der Waals surface area contributed by atoms with E-state index >= 15 is 0 Å². The average molecular weight is 286 g/mol. The van der Waals surface area contributed by atoms with Crippen LogP contribution in [-0.4, -0.2) is 19.8 Å². The summed E-state index contributed by atoms with van der Waals surface area (Å²) >= 11 is 1.18. The van der Waals surface area contributed by atoms with Crippen LogP contribution in [0.25, 0.3) is 11.0 Å². The smallest absolute Gasteiger partial charge is 0.335 e. The van der Waals surface area contributed by atoms with Crippen molar-refractivity contribution in [2.24, 2.45) is 0 Å². The molecule has 0 radical (unpaired) electrons. The second-order valence-corrected chi connectivity index (χ2v) is 4.73. The monoisotopic (exact) mass is 286 g/mol. The van der Waals surface area contributed by atoms with E-state index in [4.69, 9.17) is 9.84 Å². The van der Waals surface area contributed by atoms with Crippen molar-refractivity contribution in [3.8, 4) is 5.75 Å². The van der Waals surface area contributed by atoms with Gasteiger partial charge in [0, 0.05) is 0 Å². The van der Waals surface area contributed by atoms with Crippen molar-refractivity contribution in [1.82, 2.24) is 8.75 Å². The molecule has 0 bridgehead atoms. The second kappa shape index (κ2) is 5.26. The van der Waals surface area contributed by atoms with Gasteiger partial charge in [0.15, 0.2) is 0 Å². The predicted octanol–water partition coefficient (Wildman–Crippen LogP) is 2.97. The van der Waals surface area contributed by atoms with Crippen LogP contribution in [0.2, 0.25) is 0 Å². The minimum Gasteiger partial charge on any atom is -0.489 e. The summed E-state index contributed by atoms with van der Waals surface area (Å²) in [7, 11) is 0. The van der Waals surface area contributed by atoms with E-state index in [2.05, 4.69) is 8.75 Å². The Morgan fingerprint density at radius 2 is 1.85 bits per heavy atom. The molecule has 5 nitrogen and oxygen atoms in total. The second-order valence-electron chi connectivity index (χ2n) is 4.21. The van der Waals surface area contributed by atoms with Crippen molar-refractivity contribution in [3.05, 3.63) is 53.6 Å². The van der Waals surface area contributed by atoms with E-state index in [0.717, 1.165) is 16.6 Å². The Labute approximate surface area is 118 Å². The Morgan fingerprint density at radius 3 is 2.60 bits per heavy atom. The molecule has 0 saturated carbocycles. The van der Waals surface area contributed by atoms with Gasteiger partial charge in [-0.25, -0.2) is 4.79 Å². The minimum absolute atomic E-state index is 0.243. The van der Waals surface area contributed by atoms with Crippen molar-refractivity contribution in [1.29, 1.82) is 0 Å². The summed E-state index contributed by atoms with van der Waals surface area (Å²) in [6.45, 7) is 0.403. The first-order chi connectivity index (χ1) is 9.72. The number of rotatable bonds is 4. The number of hydrogen-bond acceptors (Lipinski definition) is 5. The lowest BCUT2D eigenvalue weighted by molar-refractivity contribution is 0.0697. The number of aromatic nitrogens is 2. The zero-order chi connectivity index (χ0) is 13.9. The number of carboxylic acids is 1. The van der Waals surface area contributed by atoms with Crippen molar-refractivity contribution in [2.75, 3.05) is 0 Å². The van der Waals surface area contributed by atoms with Crippen LogP contribution >= 0.6 is 11.7 Å². The van der Waals surface area contributed by atoms with Gasteiger partial charge in [-0.15, -0.1) is 0 Å². The average Bonchev–Trinajstić information content (AvgIpc) is 2.93. The largest absolute Gasteiger partial charge is 0.489 e. The third kappa shape index (κ3) is 2.60. The number of benzene rings is 2. The van der Waals surface area contributed by atoms with Crippen LogP contribution < -0.4 is 4.74 Å². The summed E-state index contributed by atoms with van der Waals surface area (Å²) in [5, 5.41) is 8.81. The molecule has 0 amide bonds. The van der Waals surface area contributed by atoms with E-state index in [0.29, 0.717) is 12.4 Å². The quantitative estimate of drug-likeness (QED) is 0.798. The number of carboxylic acid groups (broad SMARTS) is 1. The number of aromatic carboxylic acids is 1. The van der Waals surface area contributed by atoms with Crippen LogP contribution in [0.5, 0.6) is 5.75 Å². The Hall–Kier alpha value is -2.47. The third-order valence-electron chi connectivity index (χ3n) is 2.82. The topological polar surface area (TPSA) is 72.3 Å². The number of ether oxygens (including phenoxy) is 1. The highest BCUT2D eigenvalue weighted by Gasteiger charge is 2.04. The fourth-order valence-corrected chi connectivity index (χ4v) is 2.30. The first kappa shape index (κ1) is 12.6. The first-order valence-corrected chi connectivity index (χ1v) is 6.63. The lowest BCUT2D eigenvalue weighted by Crippen LogP contribution is -1.98. The molecule has 0 aliphatic heterocycles. The molecular weight excluding hydrogens is 276 g/mol. The molecule has 6 heteroatoms. The SMILES string of the molecule is O=C(O)c1ccc(OCc2ccc3nsnc3c2)cc1. The molecule has 0 atom stereocenters. The molecule has 0 spiro atoms. The van der Waals surface area contributed by atoms with Crippen LogP contribution in [0.4, 0.5) is 0 Å². The molecule has 1 aromatic heterocycles. The fraction of sp³-hybridized carbons (Fsp3) is 0.0714. The molecular formula is C14H10N2O3S. The Bertz CT molecular complexity index is 752. The zero-order valence-electron chi connectivity index (χ0n) is 10.3. The molecule has 1 heterocycles. The van der Waals surface area contributed by atoms with E-state index in [1.165, 1.54) is 23.9 Å². The van der Waals surface area contributed by atoms with Crippen molar-refractivity contribution < 1.29 is 14.6 Å². The van der Waals surface area contributed by atoms with Gasteiger partial charge < -0.3 is 9.84 Å². The zero-order valence-corrected chi connectivity index (χ0v) is 11.1. The van der Waals surface area contributed by atoms with Crippen molar-refractivity contribution >= 4 is 28.7 Å². The minimum atomic E-state index is -0.946. The summed E-state index contributed by atoms with van der Waals surface area (Å²) in [4.78, 5) is 10.7. The van der Waals surface area contributed by atoms with E-state index in [1.54, 1.807) is 12.1 Å². The highest BCUT2D eigenvalue weighted by molar-refractivity contribution is 7.00. The van der Waals surface area contributed by atoms with Gasteiger partial charge in [0.05, 0.1) is 17.3 Å². The number of nitrogens with zero attached hydrogens (tertiary/aromatic N) is 2. The summed E-state index contributed by atoms with van der Waals surface area (Å²) in [5.74, 6) is -0.315. The molecule has 2 aromatic carbocycles. The normalized spacial score (nSPS) is 10.6. The highest BCUT2D eigenvalue weighted by atomic mass is 32.1. The van der Waals surface area contributed by atoms with Crippen LogP contribution in [0.15, 0.2) is 42.5 Å². The maximum absolute atomic E-state index is 10.7. The van der Waals surface area contributed by atoms with Gasteiger partial charge in [-0.2, -0.15) is 8.75 Å². The van der Waals surface area contributed by atoms with Gasteiger partial charge in [-0.3, -0.25) is 0 Å². The highest BCUT2D eigenvalue weighted by Crippen LogP contribution is 2.17. The summed E-state index contributed by atoms with van der Waals surface area (Å²) in [6.07, 6.45) is 0. The van der Waals surface area contributed by atoms with Crippen LogP contribution in [0, 0.1) is 0 Å². The summed E-state index contributed by atoms with van der Waals surface area (Å²) in [6, 6.07) is 12.1. The molecule has 3 rings (SSSR count). The fourth-order valence-electron chi connectivity index (χ4n) is 1.78. The summed E-state index contributed by atoms with van der Waals surface area (Å²) < 4.78 is 13.9. The van der Waals surface area contributed by atoms with Gasteiger partial charge in [-0.05, 0) is 42.0 Å². The molecule has 0 aliphatic carbocycles. The van der Waals surface area contributed by atoms with Crippen molar-refractivity contribution in [3.63, 3.8) is 0 Å². The molecule has 100 valence electrons. The van der Waals surface area contributed by atoms with Crippen LogP contribution in [0.3, 0.4) is 0 Å². The number of fused-ring (bicyclic) bond motifs is 1. The van der Waals surface area contributed by atoms with Crippen molar-refractivity contribution in [2.45, 2.75) is 6.61 Å². The molecule has 0 fully saturated rings. The third-order valence-corrected chi connectivity index (χ3v) is 3.38. The Morgan fingerprint density at radius 1 is 1.10 bits per heavy atom. The van der Waals surface area contributed by atoms with Gasteiger partial charge >= 0.3 is 5.97 Å². The number of hydrogen-bond donors (Lipinski definition) is 1. The van der Waals surface area contributed by atoms with Crippen LogP contribution in [0.1, 0.15) is 15.9 Å². The predicted molar refractivity (Wildman–Crippen MR) is 75.1 cm³/mol. The molecule has 1 N–H and O–H groups in total. The maximum Gasteiger partial charge on any atom is 0.335 e. The number of carbonyl (C=O) groups is 1. The van der Waals surface area contributed by atoms with Gasteiger partial charge in [-0.1, -0.05) is 6.07 Å². The maximum atomic E-state index is 10.7. The van der Waals surface area contributed by atoms with Gasteiger partial charge in [0.2, 0.25) is 0 Å². The standard InChI is InChI=1S/C14H10N2O3S/c17-14(18)10-2-4-11(5-3-10)19-8-9-1-6-12-13(7-9)16-20-15-12/h1-7H,8H2,(H,17,18). The lowest BCUT2D eigenvalue weighted by Gasteiger charge is -2.06. The van der Waals surface area contributed by atoms with Gasteiger partial charge in [0.25, 0.3) is 0 Å². The lowest BCUT2D eigenvalue weighted by atomic mass is 10.2.